The number of hydrogen-bond acceptors (Lipinski definition) is 1. The van der Waals surface area contributed by atoms with E-state index in [1.807, 2.05) is 30.3 Å². The number of unbranched alkanes of at least 4 members (excludes halogenated alkanes) is 3. The van der Waals surface area contributed by atoms with Crippen LogP contribution in [0.25, 0.3) is 0 Å². The minimum Gasteiger partial charge on any atom is -0.306 e. The van der Waals surface area contributed by atoms with E-state index in [1.165, 1.54) is 25.7 Å². The summed E-state index contributed by atoms with van der Waals surface area (Å²) < 4.78 is 0. The maximum Gasteiger partial charge on any atom is 0.0580 e. The first kappa shape index (κ1) is 16.0. The van der Waals surface area contributed by atoms with Crippen molar-refractivity contribution in [2.45, 2.75) is 32.6 Å². The van der Waals surface area contributed by atoms with Crippen LogP contribution in [-0.2, 0) is 0 Å². The van der Waals surface area contributed by atoms with Crippen LogP contribution in [0.5, 0.6) is 0 Å². The van der Waals surface area contributed by atoms with E-state index in [2.05, 4.69) is 24.1 Å². The van der Waals surface area contributed by atoms with Gasteiger partial charge in [-0.15, -0.1) is 12.4 Å². The number of halogens is 1. The van der Waals surface area contributed by atoms with Gasteiger partial charge in [0.15, 0.2) is 0 Å². The van der Waals surface area contributed by atoms with Crippen LogP contribution in [0.3, 0.4) is 0 Å². The molecule has 94 valence electrons. The van der Waals surface area contributed by atoms with Gasteiger partial charge in [-0.3, -0.25) is 0 Å². The number of nitrogens with one attached hydrogen (secondary N) is 1. The molecule has 17 heavy (non-hydrogen) atoms. The summed E-state index contributed by atoms with van der Waals surface area (Å²) >= 11 is 0. The number of rotatable bonds is 6. The second kappa shape index (κ2) is 11.5. The normalized spacial score (nSPS) is 9.00. The van der Waals surface area contributed by atoms with E-state index in [-0.39, 0.29) is 12.4 Å². The molecule has 0 aliphatic carbocycles. The molecule has 2 heteroatoms. The van der Waals surface area contributed by atoms with Crippen molar-refractivity contribution in [1.82, 2.24) is 5.32 Å². The van der Waals surface area contributed by atoms with Gasteiger partial charge < -0.3 is 5.32 Å². The molecule has 1 aromatic rings. The van der Waals surface area contributed by atoms with E-state index in [0.29, 0.717) is 0 Å². The molecule has 0 bridgehead atoms. The Kier molecular flexibility index (Phi) is 10.9. The zero-order chi connectivity index (χ0) is 11.5. The van der Waals surface area contributed by atoms with Gasteiger partial charge in [-0.05, 0) is 25.1 Å². The molecular weight excluding hydrogens is 230 g/mol. The zero-order valence-corrected chi connectivity index (χ0v) is 11.4. The molecule has 0 unspecified atom stereocenters. The Hall–Kier alpha value is -0.970. The van der Waals surface area contributed by atoms with Crippen LogP contribution in [0.1, 0.15) is 38.2 Å². The second-order valence-corrected chi connectivity index (χ2v) is 3.91. The monoisotopic (exact) mass is 251 g/mol. The summed E-state index contributed by atoms with van der Waals surface area (Å²) in [6, 6.07) is 10.1. The average molecular weight is 252 g/mol. The molecule has 1 aromatic carbocycles. The van der Waals surface area contributed by atoms with Gasteiger partial charge in [-0.2, -0.15) is 0 Å². The van der Waals surface area contributed by atoms with Crippen LogP contribution in [0, 0.1) is 11.8 Å². The van der Waals surface area contributed by atoms with Gasteiger partial charge >= 0.3 is 0 Å². The molecular formula is C15H22ClN. The molecule has 0 saturated heterocycles. The molecule has 1 nitrogen and oxygen atoms in total. The fourth-order valence-corrected chi connectivity index (χ4v) is 1.50. The van der Waals surface area contributed by atoms with Gasteiger partial charge in [-0.1, -0.05) is 56.2 Å². The van der Waals surface area contributed by atoms with Gasteiger partial charge in [0.05, 0.1) is 6.54 Å². The molecule has 0 fully saturated rings. The molecule has 0 heterocycles. The van der Waals surface area contributed by atoms with Crippen molar-refractivity contribution in [3.63, 3.8) is 0 Å². The van der Waals surface area contributed by atoms with Crippen molar-refractivity contribution in [3.8, 4) is 11.8 Å². The summed E-state index contributed by atoms with van der Waals surface area (Å²) in [6.45, 7) is 4.11. The Morgan fingerprint density at radius 1 is 1.06 bits per heavy atom. The summed E-state index contributed by atoms with van der Waals surface area (Å²) in [6.07, 6.45) is 5.24. The van der Waals surface area contributed by atoms with E-state index in [9.17, 15) is 0 Å². The first-order valence-corrected chi connectivity index (χ1v) is 6.18. The van der Waals surface area contributed by atoms with Gasteiger partial charge in [0.1, 0.15) is 0 Å². The molecule has 0 spiro atoms. The molecule has 0 saturated carbocycles. The van der Waals surface area contributed by atoms with E-state index in [1.54, 1.807) is 0 Å². The smallest absolute Gasteiger partial charge is 0.0580 e. The lowest BCUT2D eigenvalue weighted by Crippen LogP contribution is -2.15. The largest absolute Gasteiger partial charge is 0.306 e. The topological polar surface area (TPSA) is 12.0 Å². The highest BCUT2D eigenvalue weighted by atomic mass is 35.5. The first-order valence-electron chi connectivity index (χ1n) is 6.18. The Bertz CT molecular complexity index is 324. The van der Waals surface area contributed by atoms with Crippen molar-refractivity contribution in [2.75, 3.05) is 13.1 Å². The highest BCUT2D eigenvalue weighted by Gasteiger charge is 1.86. The van der Waals surface area contributed by atoms with E-state index < -0.39 is 0 Å². The minimum absolute atomic E-state index is 0. The third-order valence-electron chi connectivity index (χ3n) is 2.43. The molecule has 0 aliphatic heterocycles. The van der Waals surface area contributed by atoms with Crippen LogP contribution in [0.15, 0.2) is 30.3 Å². The SMILES string of the molecule is CCCCCCNCC#Cc1ccccc1.Cl. The van der Waals surface area contributed by atoms with E-state index >= 15 is 0 Å². The predicted molar refractivity (Wildman–Crippen MR) is 77.6 cm³/mol. The molecule has 0 amide bonds. The highest BCUT2D eigenvalue weighted by molar-refractivity contribution is 5.85. The fourth-order valence-electron chi connectivity index (χ4n) is 1.50. The summed E-state index contributed by atoms with van der Waals surface area (Å²) in [5, 5.41) is 3.34. The summed E-state index contributed by atoms with van der Waals surface area (Å²) in [7, 11) is 0. The van der Waals surface area contributed by atoms with Crippen molar-refractivity contribution in [2.24, 2.45) is 0 Å². The van der Waals surface area contributed by atoms with Crippen molar-refractivity contribution >= 4 is 12.4 Å². The van der Waals surface area contributed by atoms with Crippen LogP contribution in [0.4, 0.5) is 0 Å². The van der Waals surface area contributed by atoms with Crippen LogP contribution < -0.4 is 5.32 Å². The number of benzene rings is 1. The number of hydrogen-bond donors (Lipinski definition) is 1. The van der Waals surface area contributed by atoms with Gasteiger partial charge in [0.25, 0.3) is 0 Å². The summed E-state index contributed by atoms with van der Waals surface area (Å²) in [5.41, 5.74) is 1.09. The first-order chi connectivity index (χ1) is 7.93. The van der Waals surface area contributed by atoms with Crippen LogP contribution >= 0.6 is 12.4 Å². The maximum absolute atomic E-state index is 3.34. The summed E-state index contributed by atoms with van der Waals surface area (Å²) in [5.74, 6) is 6.27. The van der Waals surface area contributed by atoms with Crippen molar-refractivity contribution in [1.29, 1.82) is 0 Å². The lowest BCUT2D eigenvalue weighted by molar-refractivity contribution is 0.623. The fraction of sp³-hybridized carbons (Fsp3) is 0.467. The molecule has 0 radical (unpaired) electrons. The Morgan fingerprint density at radius 3 is 2.53 bits per heavy atom. The maximum atomic E-state index is 3.34. The molecule has 0 atom stereocenters. The second-order valence-electron chi connectivity index (χ2n) is 3.91. The van der Waals surface area contributed by atoms with Crippen molar-refractivity contribution in [3.05, 3.63) is 35.9 Å². The lowest BCUT2D eigenvalue weighted by atomic mass is 10.2. The lowest BCUT2D eigenvalue weighted by Gasteiger charge is -1.99. The van der Waals surface area contributed by atoms with Gasteiger partial charge in [-0.25, -0.2) is 0 Å². The molecule has 1 N–H and O–H groups in total. The van der Waals surface area contributed by atoms with Crippen molar-refractivity contribution < 1.29 is 0 Å². The third kappa shape index (κ3) is 8.80. The van der Waals surface area contributed by atoms with E-state index in [4.69, 9.17) is 0 Å². The minimum atomic E-state index is 0. The molecule has 0 aromatic heterocycles. The third-order valence-corrected chi connectivity index (χ3v) is 2.43. The zero-order valence-electron chi connectivity index (χ0n) is 10.5. The Morgan fingerprint density at radius 2 is 1.82 bits per heavy atom. The van der Waals surface area contributed by atoms with Crippen LogP contribution in [-0.4, -0.2) is 13.1 Å². The predicted octanol–water partition coefficient (Wildman–Crippen LogP) is 3.63. The average Bonchev–Trinajstić information content (AvgIpc) is 2.34. The standard InChI is InChI=1S/C15H21N.ClH/c1-2-3-4-8-13-16-14-9-12-15-10-6-5-7-11-15;/h5-7,10-11,16H,2-4,8,13-14H2,1H3;1H. The van der Waals surface area contributed by atoms with Gasteiger partial charge in [0.2, 0.25) is 0 Å². The van der Waals surface area contributed by atoms with Crippen LogP contribution in [0.2, 0.25) is 0 Å². The molecule has 0 aliphatic rings. The Balaban J connectivity index is 0.00000256. The highest BCUT2D eigenvalue weighted by Crippen LogP contribution is 1.96. The molecule has 1 rings (SSSR count). The van der Waals surface area contributed by atoms with E-state index in [0.717, 1.165) is 18.7 Å². The quantitative estimate of drug-likeness (QED) is 0.601. The van der Waals surface area contributed by atoms with Gasteiger partial charge in [0, 0.05) is 5.56 Å². The summed E-state index contributed by atoms with van der Waals surface area (Å²) in [4.78, 5) is 0. The Labute approximate surface area is 111 Å².